The summed E-state index contributed by atoms with van der Waals surface area (Å²) in [7, 11) is 0. The number of aliphatic hydroxyl groups excluding tert-OH is 1. The molecule has 0 spiro atoms. The molecule has 3 aromatic carbocycles. The van der Waals surface area contributed by atoms with E-state index in [0.717, 1.165) is 0 Å². The van der Waals surface area contributed by atoms with Gasteiger partial charge in [0.2, 0.25) is 0 Å². The van der Waals surface area contributed by atoms with Gasteiger partial charge in [0.25, 0.3) is 0 Å². The quantitative estimate of drug-likeness (QED) is 0.285. The van der Waals surface area contributed by atoms with E-state index in [1.54, 1.807) is 30.3 Å². The summed E-state index contributed by atoms with van der Waals surface area (Å²) in [6, 6.07) is 5.66. The Balaban J connectivity index is 2.08. The number of likely N-dealkylation sites (tertiary alicyclic amines) is 1. The Morgan fingerprint density at radius 1 is 0.581 bits per heavy atom. The SMILES string of the molecule is O[C@@H]1C[C@@H](C(O)(c2cc(C(F)(F)F)cc(C(F)(F)F)c2)c2cc(C(F)(F)F)cc(C(F)(F)F)c2)N(Cc2ccccc2)C1. The number of halogens is 12. The summed E-state index contributed by atoms with van der Waals surface area (Å²) in [6.45, 7) is -0.584. The lowest BCUT2D eigenvalue weighted by atomic mass is 9.76. The molecule has 1 heterocycles. The second-order valence-electron chi connectivity index (χ2n) is 10.2. The molecule has 0 aromatic heterocycles. The third-order valence-corrected chi connectivity index (χ3v) is 7.15. The fraction of sp³-hybridized carbons (Fsp3) is 0.357. The highest BCUT2D eigenvalue weighted by molar-refractivity contribution is 5.47. The summed E-state index contributed by atoms with van der Waals surface area (Å²) in [6.07, 6.45) is -23.9. The lowest BCUT2D eigenvalue weighted by Gasteiger charge is -2.41. The van der Waals surface area contributed by atoms with Gasteiger partial charge in [0.1, 0.15) is 5.60 Å². The average molecular weight is 631 g/mol. The van der Waals surface area contributed by atoms with Gasteiger partial charge in [-0.25, -0.2) is 0 Å². The molecular formula is C28H21F12NO2. The molecule has 1 aliphatic heterocycles. The first-order chi connectivity index (χ1) is 19.6. The minimum Gasteiger partial charge on any atom is -0.392 e. The second-order valence-corrected chi connectivity index (χ2v) is 10.2. The number of rotatable bonds is 5. The summed E-state index contributed by atoms with van der Waals surface area (Å²) < 4.78 is 165. The van der Waals surface area contributed by atoms with Crippen LogP contribution in [0.15, 0.2) is 66.7 Å². The van der Waals surface area contributed by atoms with E-state index in [-0.39, 0.29) is 49.5 Å². The Bertz CT molecular complexity index is 1310. The van der Waals surface area contributed by atoms with E-state index >= 15 is 0 Å². The van der Waals surface area contributed by atoms with Crippen LogP contribution < -0.4 is 0 Å². The van der Waals surface area contributed by atoms with Gasteiger partial charge in [0.15, 0.2) is 0 Å². The monoisotopic (exact) mass is 631 g/mol. The topological polar surface area (TPSA) is 43.7 Å². The molecule has 4 rings (SSSR count). The maximum Gasteiger partial charge on any atom is 0.416 e. The van der Waals surface area contributed by atoms with Crippen molar-refractivity contribution in [3.05, 3.63) is 106 Å². The van der Waals surface area contributed by atoms with E-state index in [0.29, 0.717) is 5.56 Å². The Kier molecular flexibility index (Phi) is 8.35. The molecule has 0 saturated carbocycles. The molecule has 1 aliphatic rings. The molecule has 234 valence electrons. The first kappa shape index (κ1) is 32.6. The van der Waals surface area contributed by atoms with Crippen LogP contribution in [0.2, 0.25) is 0 Å². The highest BCUT2D eigenvalue weighted by Crippen LogP contribution is 2.47. The van der Waals surface area contributed by atoms with Crippen LogP contribution in [0.5, 0.6) is 0 Å². The smallest absolute Gasteiger partial charge is 0.392 e. The molecule has 0 bridgehead atoms. The molecule has 43 heavy (non-hydrogen) atoms. The van der Waals surface area contributed by atoms with E-state index in [9.17, 15) is 62.9 Å². The normalized spacial score (nSPS) is 19.2. The van der Waals surface area contributed by atoms with E-state index in [1.807, 2.05) is 0 Å². The van der Waals surface area contributed by atoms with Crippen LogP contribution in [0.3, 0.4) is 0 Å². The molecule has 0 radical (unpaired) electrons. The average Bonchev–Trinajstić information content (AvgIpc) is 3.26. The van der Waals surface area contributed by atoms with E-state index in [4.69, 9.17) is 0 Å². The molecule has 3 nitrogen and oxygen atoms in total. The Hall–Kier alpha value is -3.30. The predicted molar refractivity (Wildman–Crippen MR) is 127 cm³/mol. The summed E-state index contributed by atoms with van der Waals surface area (Å²) in [5.41, 5.74) is -13.2. The van der Waals surface area contributed by atoms with Gasteiger partial charge in [-0.05, 0) is 59.5 Å². The van der Waals surface area contributed by atoms with Crippen LogP contribution in [0.25, 0.3) is 0 Å². The molecule has 3 aromatic rings. The molecule has 0 unspecified atom stereocenters. The third kappa shape index (κ3) is 6.93. The van der Waals surface area contributed by atoms with Gasteiger partial charge in [-0.2, -0.15) is 52.7 Å². The zero-order valence-corrected chi connectivity index (χ0v) is 21.5. The van der Waals surface area contributed by atoms with Crippen molar-refractivity contribution >= 4 is 0 Å². The summed E-state index contributed by atoms with van der Waals surface area (Å²) >= 11 is 0. The predicted octanol–water partition coefficient (Wildman–Crippen LogP) is 7.63. The van der Waals surface area contributed by atoms with Gasteiger partial charge < -0.3 is 10.2 Å². The van der Waals surface area contributed by atoms with Gasteiger partial charge in [-0.15, -0.1) is 0 Å². The highest BCUT2D eigenvalue weighted by Gasteiger charge is 2.51. The number of benzene rings is 3. The van der Waals surface area contributed by atoms with Gasteiger partial charge in [0, 0.05) is 19.1 Å². The molecule has 0 aliphatic carbocycles. The van der Waals surface area contributed by atoms with Crippen molar-refractivity contribution in [1.29, 1.82) is 0 Å². The van der Waals surface area contributed by atoms with Crippen molar-refractivity contribution in [2.75, 3.05) is 6.54 Å². The van der Waals surface area contributed by atoms with Crippen LogP contribution in [-0.4, -0.2) is 33.8 Å². The Labute approximate surface area is 236 Å². The number of nitrogens with zero attached hydrogens (tertiary/aromatic N) is 1. The second kappa shape index (κ2) is 11.0. The number of hydrogen-bond acceptors (Lipinski definition) is 3. The zero-order chi connectivity index (χ0) is 32.2. The lowest BCUT2D eigenvalue weighted by molar-refractivity contribution is -0.144. The van der Waals surface area contributed by atoms with Gasteiger partial charge >= 0.3 is 24.7 Å². The lowest BCUT2D eigenvalue weighted by Crippen LogP contribution is -2.48. The van der Waals surface area contributed by atoms with Crippen molar-refractivity contribution in [3.8, 4) is 0 Å². The summed E-state index contributed by atoms with van der Waals surface area (Å²) in [5, 5.41) is 22.6. The Morgan fingerprint density at radius 2 is 0.930 bits per heavy atom. The molecule has 1 saturated heterocycles. The fourth-order valence-corrected chi connectivity index (χ4v) is 5.21. The fourth-order valence-electron chi connectivity index (χ4n) is 5.21. The van der Waals surface area contributed by atoms with Crippen LogP contribution in [0.1, 0.15) is 45.4 Å². The van der Waals surface area contributed by atoms with E-state index in [1.165, 1.54) is 4.90 Å². The van der Waals surface area contributed by atoms with Gasteiger partial charge in [-0.1, -0.05) is 30.3 Å². The number of β-amino-alcohol motifs (C(OH)–C–C–N with tert-alkyl or cyclic N) is 1. The molecule has 1 fully saturated rings. The highest BCUT2D eigenvalue weighted by atomic mass is 19.4. The molecule has 0 amide bonds. The number of alkyl halides is 12. The van der Waals surface area contributed by atoms with Crippen molar-refractivity contribution in [2.45, 2.75) is 55.4 Å². The molecular weight excluding hydrogens is 610 g/mol. The standard InChI is InChI=1S/C28H21F12NO2/c29-25(30,31)18-6-16(7-19(10-18)26(32,33)34)24(43,17-8-20(27(35,36)37)11-21(9-17)28(38,39)40)23-12-22(42)14-41(23)13-15-4-2-1-3-5-15/h1-11,22-23,42-43H,12-14H2/t22-,23+/m1/s1. The zero-order valence-electron chi connectivity index (χ0n) is 21.5. The minimum atomic E-state index is -5.46. The van der Waals surface area contributed by atoms with Crippen molar-refractivity contribution in [1.82, 2.24) is 4.90 Å². The van der Waals surface area contributed by atoms with Gasteiger partial charge in [-0.3, -0.25) is 4.90 Å². The molecule has 2 atom stereocenters. The van der Waals surface area contributed by atoms with Crippen LogP contribution in [0.4, 0.5) is 52.7 Å². The minimum absolute atomic E-state index is 0.0498. The van der Waals surface area contributed by atoms with Crippen LogP contribution in [-0.2, 0) is 36.9 Å². The van der Waals surface area contributed by atoms with Crippen molar-refractivity contribution < 1.29 is 62.9 Å². The summed E-state index contributed by atoms with van der Waals surface area (Å²) in [5.74, 6) is 0. The molecule has 2 N–H and O–H groups in total. The summed E-state index contributed by atoms with van der Waals surface area (Å²) in [4.78, 5) is 1.18. The Morgan fingerprint density at radius 3 is 1.28 bits per heavy atom. The number of hydrogen-bond donors (Lipinski definition) is 2. The largest absolute Gasteiger partial charge is 0.416 e. The maximum absolute atomic E-state index is 13.8. The van der Waals surface area contributed by atoms with E-state index < -0.39 is 82.3 Å². The van der Waals surface area contributed by atoms with Crippen molar-refractivity contribution in [2.24, 2.45) is 0 Å². The van der Waals surface area contributed by atoms with Crippen LogP contribution >= 0.6 is 0 Å². The van der Waals surface area contributed by atoms with E-state index in [2.05, 4.69) is 0 Å². The van der Waals surface area contributed by atoms with Gasteiger partial charge in [0.05, 0.1) is 28.4 Å². The van der Waals surface area contributed by atoms with Crippen LogP contribution in [0, 0.1) is 0 Å². The number of aliphatic hydroxyl groups is 2. The third-order valence-electron chi connectivity index (χ3n) is 7.15. The molecule has 15 heteroatoms. The van der Waals surface area contributed by atoms with Crippen molar-refractivity contribution in [3.63, 3.8) is 0 Å². The first-order valence-corrected chi connectivity index (χ1v) is 12.4. The maximum atomic E-state index is 13.8. The first-order valence-electron chi connectivity index (χ1n) is 12.4.